The summed E-state index contributed by atoms with van der Waals surface area (Å²) >= 11 is 0. The third-order valence-corrected chi connectivity index (χ3v) is 4.29. The molecule has 5 nitrogen and oxygen atoms in total. The van der Waals surface area contributed by atoms with Gasteiger partial charge in [0, 0.05) is 24.7 Å². The molecule has 1 aliphatic rings. The first kappa shape index (κ1) is 15.7. The van der Waals surface area contributed by atoms with Crippen molar-refractivity contribution in [2.75, 3.05) is 6.61 Å². The number of hydrogen-bond acceptors (Lipinski definition) is 3. The SMILES string of the molecule is CCC(NC(=O)NCc1ccc2ncccc2c1)C1CCCO1. The van der Waals surface area contributed by atoms with Gasteiger partial charge in [0.2, 0.25) is 0 Å². The second kappa shape index (κ2) is 7.42. The maximum absolute atomic E-state index is 12.1. The summed E-state index contributed by atoms with van der Waals surface area (Å²) in [4.78, 5) is 16.4. The Morgan fingerprint density at radius 2 is 2.35 bits per heavy atom. The smallest absolute Gasteiger partial charge is 0.315 e. The molecule has 0 saturated carbocycles. The molecule has 0 bridgehead atoms. The summed E-state index contributed by atoms with van der Waals surface area (Å²) < 4.78 is 5.67. The van der Waals surface area contributed by atoms with E-state index in [-0.39, 0.29) is 18.2 Å². The lowest BCUT2D eigenvalue weighted by molar-refractivity contribution is 0.0796. The van der Waals surface area contributed by atoms with Crippen molar-refractivity contribution in [1.82, 2.24) is 15.6 Å². The summed E-state index contributed by atoms with van der Waals surface area (Å²) in [6.45, 7) is 3.37. The van der Waals surface area contributed by atoms with Crippen LogP contribution in [0.2, 0.25) is 0 Å². The lowest BCUT2D eigenvalue weighted by Gasteiger charge is -2.23. The Kier molecular flexibility index (Phi) is 5.08. The molecule has 2 amide bonds. The van der Waals surface area contributed by atoms with Crippen LogP contribution < -0.4 is 10.6 Å². The Labute approximate surface area is 136 Å². The molecule has 1 aliphatic heterocycles. The first-order valence-electron chi connectivity index (χ1n) is 8.26. The van der Waals surface area contributed by atoms with Crippen molar-refractivity contribution in [1.29, 1.82) is 0 Å². The minimum absolute atomic E-state index is 0.0818. The van der Waals surface area contributed by atoms with E-state index < -0.39 is 0 Å². The van der Waals surface area contributed by atoms with Crippen LogP contribution in [0, 0.1) is 0 Å². The van der Waals surface area contributed by atoms with Crippen LogP contribution in [0.3, 0.4) is 0 Å². The number of fused-ring (bicyclic) bond motifs is 1. The monoisotopic (exact) mass is 313 g/mol. The van der Waals surface area contributed by atoms with Crippen LogP contribution in [0.4, 0.5) is 4.79 Å². The van der Waals surface area contributed by atoms with Crippen molar-refractivity contribution in [3.05, 3.63) is 42.1 Å². The molecule has 0 radical (unpaired) electrons. The second-order valence-corrected chi connectivity index (χ2v) is 5.92. The summed E-state index contributed by atoms with van der Waals surface area (Å²) in [5.41, 5.74) is 2.02. The number of aromatic nitrogens is 1. The quantitative estimate of drug-likeness (QED) is 0.892. The van der Waals surface area contributed by atoms with Crippen LogP contribution in [0.1, 0.15) is 31.7 Å². The third kappa shape index (κ3) is 3.99. The summed E-state index contributed by atoms with van der Waals surface area (Å²) in [7, 11) is 0. The van der Waals surface area contributed by atoms with Crippen molar-refractivity contribution < 1.29 is 9.53 Å². The normalized spacial score (nSPS) is 18.7. The average molecular weight is 313 g/mol. The Balaban J connectivity index is 1.54. The number of rotatable bonds is 5. The highest BCUT2D eigenvalue weighted by atomic mass is 16.5. The molecule has 1 fully saturated rings. The second-order valence-electron chi connectivity index (χ2n) is 5.92. The topological polar surface area (TPSA) is 63.2 Å². The fourth-order valence-electron chi connectivity index (χ4n) is 3.01. The van der Waals surface area contributed by atoms with Crippen molar-refractivity contribution in [3.63, 3.8) is 0 Å². The molecule has 2 heterocycles. The average Bonchev–Trinajstić information content (AvgIpc) is 3.12. The molecular weight excluding hydrogens is 290 g/mol. The van der Waals surface area contributed by atoms with Gasteiger partial charge in [0.05, 0.1) is 17.7 Å². The van der Waals surface area contributed by atoms with E-state index in [2.05, 4.69) is 28.6 Å². The maximum atomic E-state index is 12.1. The number of benzene rings is 1. The van der Waals surface area contributed by atoms with Crippen LogP contribution in [0.15, 0.2) is 36.5 Å². The van der Waals surface area contributed by atoms with Gasteiger partial charge in [0.15, 0.2) is 0 Å². The maximum Gasteiger partial charge on any atom is 0.315 e. The molecule has 0 spiro atoms. The van der Waals surface area contributed by atoms with Crippen molar-refractivity contribution in [2.24, 2.45) is 0 Å². The van der Waals surface area contributed by atoms with Gasteiger partial charge in [-0.05, 0) is 43.0 Å². The van der Waals surface area contributed by atoms with Gasteiger partial charge in [0.25, 0.3) is 0 Å². The molecule has 2 N–H and O–H groups in total. The summed E-state index contributed by atoms with van der Waals surface area (Å²) in [5, 5.41) is 7.04. The van der Waals surface area contributed by atoms with E-state index in [4.69, 9.17) is 4.74 Å². The van der Waals surface area contributed by atoms with Gasteiger partial charge in [0.1, 0.15) is 0 Å². The van der Waals surface area contributed by atoms with E-state index in [0.29, 0.717) is 6.54 Å². The molecule has 1 aromatic heterocycles. The molecule has 3 rings (SSSR count). The fourth-order valence-corrected chi connectivity index (χ4v) is 3.01. The molecule has 0 aliphatic carbocycles. The van der Waals surface area contributed by atoms with Crippen LogP contribution in [0.25, 0.3) is 10.9 Å². The summed E-state index contributed by atoms with van der Waals surface area (Å²) in [5.74, 6) is 0. The number of carbonyl (C=O) groups is 1. The fraction of sp³-hybridized carbons (Fsp3) is 0.444. The van der Waals surface area contributed by atoms with Crippen molar-refractivity contribution >= 4 is 16.9 Å². The van der Waals surface area contributed by atoms with Crippen LogP contribution >= 0.6 is 0 Å². The lowest BCUT2D eigenvalue weighted by Crippen LogP contribution is -2.47. The van der Waals surface area contributed by atoms with Gasteiger partial charge in [-0.15, -0.1) is 0 Å². The molecule has 2 atom stereocenters. The van der Waals surface area contributed by atoms with Gasteiger partial charge < -0.3 is 15.4 Å². The number of amides is 2. The number of nitrogens with one attached hydrogen (secondary N) is 2. The predicted octanol–water partition coefficient (Wildman–Crippen LogP) is 2.99. The van der Waals surface area contributed by atoms with Crippen LogP contribution in [-0.4, -0.2) is 29.8 Å². The molecule has 1 aromatic carbocycles. The largest absolute Gasteiger partial charge is 0.376 e. The number of nitrogens with zero attached hydrogens (tertiary/aromatic N) is 1. The summed E-state index contributed by atoms with van der Waals surface area (Å²) in [6.07, 6.45) is 4.91. The summed E-state index contributed by atoms with van der Waals surface area (Å²) in [6, 6.07) is 9.91. The minimum atomic E-state index is -0.140. The van der Waals surface area contributed by atoms with Gasteiger partial charge in [-0.2, -0.15) is 0 Å². The van der Waals surface area contributed by atoms with Gasteiger partial charge in [-0.3, -0.25) is 4.98 Å². The predicted molar refractivity (Wildman–Crippen MR) is 90.2 cm³/mol. The highest BCUT2D eigenvalue weighted by Gasteiger charge is 2.25. The number of carbonyl (C=O) groups excluding carboxylic acids is 1. The first-order valence-corrected chi connectivity index (χ1v) is 8.26. The molecular formula is C18H23N3O2. The number of urea groups is 1. The standard InChI is InChI=1S/C18H23N3O2/c1-2-15(17-6-4-10-23-17)21-18(22)20-12-13-7-8-16-14(11-13)5-3-9-19-16/h3,5,7-9,11,15,17H,2,4,6,10,12H2,1H3,(H2,20,21,22). The molecule has 2 unspecified atom stereocenters. The molecule has 1 saturated heterocycles. The third-order valence-electron chi connectivity index (χ3n) is 4.29. The van der Waals surface area contributed by atoms with E-state index in [1.807, 2.05) is 24.3 Å². The van der Waals surface area contributed by atoms with Crippen LogP contribution in [0.5, 0.6) is 0 Å². The van der Waals surface area contributed by atoms with Gasteiger partial charge >= 0.3 is 6.03 Å². The first-order chi connectivity index (χ1) is 11.3. The molecule has 5 heteroatoms. The van der Waals surface area contributed by atoms with E-state index in [0.717, 1.165) is 42.3 Å². The number of hydrogen-bond donors (Lipinski definition) is 2. The Bertz CT molecular complexity index is 668. The zero-order chi connectivity index (χ0) is 16.1. The number of ether oxygens (including phenoxy) is 1. The molecule has 2 aromatic rings. The lowest BCUT2D eigenvalue weighted by atomic mass is 10.1. The zero-order valence-corrected chi connectivity index (χ0v) is 13.4. The zero-order valence-electron chi connectivity index (χ0n) is 13.4. The Morgan fingerprint density at radius 3 is 3.13 bits per heavy atom. The Hall–Kier alpha value is -2.14. The van der Waals surface area contributed by atoms with E-state index in [9.17, 15) is 4.79 Å². The highest BCUT2D eigenvalue weighted by molar-refractivity contribution is 5.79. The van der Waals surface area contributed by atoms with Crippen molar-refractivity contribution in [3.8, 4) is 0 Å². The van der Waals surface area contributed by atoms with Gasteiger partial charge in [-0.1, -0.05) is 19.1 Å². The van der Waals surface area contributed by atoms with E-state index in [1.165, 1.54) is 0 Å². The van der Waals surface area contributed by atoms with E-state index in [1.54, 1.807) is 6.20 Å². The minimum Gasteiger partial charge on any atom is -0.376 e. The van der Waals surface area contributed by atoms with E-state index >= 15 is 0 Å². The van der Waals surface area contributed by atoms with Crippen molar-refractivity contribution in [2.45, 2.75) is 44.9 Å². The van der Waals surface area contributed by atoms with Gasteiger partial charge in [-0.25, -0.2) is 4.79 Å². The highest BCUT2D eigenvalue weighted by Crippen LogP contribution is 2.17. The van der Waals surface area contributed by atoms with Crippen LogP contribution in [-0.2, 0) is 11.3 Å². The number of pyridine rings is 1. The molecule has 122 valence electrons. The molecule has 23 heavy (non-hydrogen) atoms. The Morgan fingerprint density at radius 1 is 1.43 bits per heavy atom.